The normalized spacial score (nSPS) is 11.2. The topological polar surface area (TPSA) is 90.3 Å². The summed E-state index contributed by atoms with van der Waals surface area (Å²) in [5, 5.41) is 11.0. The van der Waals surface area contributed by atoms with Crippen molar-refractivity contribution in [2.75, 3.05) is 18.9 Å². The number of nitriles is 1. The second-order valence-corrected chi connectivity index (χ2v) is 7.12. The standard InChI is InChI=1S/C16H13F2N3O3S/c1-21(25(23,24)13-5-2-11(9-19)3-6-13)10-16(22)20-12-4-7-14(17)15(18)8-12/h2-8H,10H2,1H3,(H,20,22). The number of carbonyl (C=O) groups excluding carboxylic acids is 1. The smallest absolute Gasteiger partial charge is 0.243 e. The van der Waals surface area contributed by atoms with Gasteiger partial charge in [-0.05, 0) is 36.4 Å². The number of likely N-dealkylation sites (N-methyl/N-ethyl adjacent to an activating group) is 1. The van der Waals surface area contributed by atoms with Gasteiger partial charge in [0.15, 0.2) is 11.6 Å². The van der Waals surface area contributed by atoms with Gasteiger partial charge >= 0.3 is 0 Å². The Bertz CT molecular complexity index is 938. The van der Waals surface area contributed by atoms with Crippen molar-refractivity contribution >= 4 is 21.6 Å². The Morgan fingerprint density at radius 2 is 1.80 bits per heavy atom. The number of nitrogens with zero attached hydrogens (tertiary/aromatic N) is 2. The van der Waals surface area contributed by atoms with E-state index in [1.54, 1.807) is 0 Å². The van der Waals surface area contributed by atoms with Gasteiger partial charge in [-0.3, -0.25) is 4.79 Å². The van der Waals surface area contributed by atoms with Gasteiger partial charge < -0.3 is 5.32 Å². The van der Waals surface area contributed by atoms with Crippen LogP contribution in [0.2, 0.25) is 0 Å². The van der Waals surface area contributed by atoms with E-state index in [1.165, 1.54) is 31.3 Å². The summed E-state index contributed by atoms with van der Waals surface area (Å²) in [7, 11) is -2.73. The van der Waals surface area contributed by atoms with Crippen molar-refractivity contribution in [3.63, 3.8) is 0 Å². The van der Waals surface area contributed by atoms with Crippen molar-refractivity contribution < 1.29 is 22.0 Å². The molecule has 2 aromatic rings. The second-order valence-electron chi connectivity index (χ2n) is 5.07. The zero-order valence-electron chi connectivity index (χ0n) is 13.0. The Morgan fingerprint density at radius 3 is 2.36 bits per heavy atom. The number of halogens is 2. The molecule has 0 aliphatic heterocycles. The average molecular weight is 365 g/mol. The van der Waals surface area contributed by atoms with Crippen LogP contribution in [0.1, 0.15) is 5.56 Å². The molecule has 25 heavy (non-hydrogen) atoms. The van der Waals surface area contributed by atoms with E-state index in [2.05, 4.69) is 5.32 Å². The van der Waals surface area contributed by atoms with Gasteiger partial charge in [0.05, 0.1) is 23.1 Å². The molecule has 0 heterocycles. The molecule has 0 aromatic heterocycles. The Labute approximate surface area is 143 Å². The number of amides is 1. The zero-order valence-corrected chi connectivity index (χ0v) is 13.8. The first-order chi connectivity index (χ1) is 11.7. The largest absolute Gasteiger partial charge is 0.325 e. The molecule has 1 N–H and O–H groups in total. The second kappa shape index (κ2) is 7.38. The first-order valence-corrected chi connectivity index (χ1v) is 8.39. The van der Waals surface area contributed by atoms with E-state index in [-0.39, 0.29) is 10.6 Å². The molecule has 9 heteroatoms. The average Bonchev–Trinajstić information content (AvgIpc) is 2.58. The maximum Gasteiger partial charge on any atom is 0.243 e. The van der Waals surface area contributed by atoms with Crippen molar-refractivity contribution in [3.05, 3.63) is 59.7 Å². The number of rotatable bonds is 5. The minimum absolute atomic E-state index is 0.00747. The lowest BCUT2D eigenvalue weighted by atomic mass is 10.2. The molecular formula is C16H13F2N3O3S. The van der Waals surface area contributed by atoms with Gasteiger partial charge in [-0.15, -0.1) is 0 Å². The number of benzene rings is 2. The van der Waals surface area contributed by atoms with E-state index in [0.29, 0.717) is 5.56 Å². The highest BCUT2D eigenvalue weighted by Crippen LogP contribution is 2.16. The fraction of sp³-hybridized carbons (Fsp3) is 0.125. The molecule has 0 aliphatic rings. The van der Waals surface area contributed by atoms with Gasteiger partial charge in [0, 0.05) is 18.8 Å². The van der Waals surface area contributed by atoms with Crippen LogP contribution in [-0.2, 0) is 14.8 Å². The Morgan fingerprint density at radius 1 is 1.16 bits per heavy atom. The molecule has 0 fully saturated rings. The van der Waals surface area contributed by atoms with E-state index >= 15 is 0 Å². The van der Waals surface area contributed by atoms with Crippen molar-refractivity contribution in [2.45, 2.75) is 4.90 Å². The number of anilines is 1. The maximum atomic E-state index is 13.1. The third kappa shape index (κ3) is 4.37. The van der Waals surface area contributed by atoms with Gasteiger partial charge in [0.2, 0.25) is 15.9 Å². The lowest BCUT2D eigenvalue weighted by Crippen LogP contribution is -2.35. The molecule has 0 radical (unpaired) electrons. The van der Waals surface area contributed by atoms with Gasteiger partial charge in [-0.2, -0.15) is 9.57 Å². The van der Waals surface area contributed by atoms with Crippen molar-refractivity contribution in [2.24, 2.45) is 0 Å². The molecule has 2 aromatic carbocycles. The third-order valence-corrected chi connectivity index (χ3v) is 5.08. The summed E-state index contributed by atoms with van der Waals surface area (Å²) in [6.07, 6.45) is 0. The summed E-state index contributed by atoms with van der Waals surface area (Å²) in [5.74, 6) is -2.90. The van der Waals surface area contributed by atoms with Gasteiger partial charge in [0.25, 0.3) is 0 Å². The summed E-state index contributed by atoms with van der Waals surface area (Å²) >= 11 is 0. The molecule has 0 aliphatic carbocycles. The van der Waals surface area contributed by atoms with Crippen LogP contribution in [0.15, 0.2) is 47.4 Å². The molecule has 0 atom stereocenters. The number of nitrogens with one attached hydrogen (secondary N) is 1. The van der Waals surface area contributed by atoms with E-state index in [4.69, 9.17) is 5.26 Å². The molecular weight excluding hydrogens is 352 g/mol. The summed E-state index contributed by atoms with van der Waals surface area (Å²) in [6, 6.07) is 9.90. The Balaban J connectivity index is 2.08. The lowest BCUT2D eigenvalue weighted by Gasteiger charge is -2.17. The monoisotopic (exact) mass is 365 g/mol. The zero-order chi connectivity index (χ0) is 18.6. The Kier molecular flexibility index (Phi) is 5.46. The van der Waals surface area contributed by atoms with Crippen LogP contribution in [0.4, 0.5) is 14.5 Å². The minimum Gasteiger partial charge on any atom is -0.325 e. The lowest BCUT2D eigenvalue weighted by molar-refractivity contribution is -0.116. The van der Waals surface area contributed by atoms with Crippen LogP contribution >= 0.6 is 0 Å². The summed E-state index contributed by atoms with van der Waals surface area (Å²) in [5.41, 5.74) is 0.311. The molecule has 0 saturated heterocycles. The van der Waals surface area contributed by atoms with E-state index in [9.17, 15) is 22.0 Å². The van der Waals surface area contributed by atoms with Crippen molar-refractivity contribution in [1.29, 1.82) is 5.26 Å². The van der Waals surface area contributed by atoms with E-state index in [1.807, 2.05) is 6.07 Å². The molecule has 1 amide bonds. The molecule has 0 spiro atoms. The fourth-order valence-electron chi connectivity index (χ4n) is 1.94. The fourth-order valence-corrected chi connectivity index (χ4v) is 3.07. The van der Waals surface area contributed by atoms with E-state index in [0.717, 1.165) is 22.5 Å². The third-order valence-electron chi connectivity index (χ3n) is 3.26. The number of hydrogen-bond acceptors (Lipinski definition) is 4. The molecule has 130 valence electrons. The SMILES string of the molecule is CN(CC(=O)Nc1ccc(F)c(F)c1)S(=O)(=O)c1ccc(C#N)cc1. The minimum atomic E-state index is -3.94. The predicted molar refractivity (Wildman–Crippen MR) is 86.0 cm³/mol. The van der Waals surface area contributed by atoms with Crippen LogP contribution in [0.25, 0.3) is 0 Å². The van der Waals surface area contributed by atoms with E-state index < -0.39 is 34.1 Å². The molecule has 2 rings (SSSR count). The van der Waals surface area contributed by atoms with Gasteiger partial charge in [-0.1, -0.05) is 0 Å². The quantitative estimate of drug-likeness (QED) is 0.879. The number of carbonyl (C=O) groups is 1. The molecule has 0 unspecified atom stereocenters. The van der Waals surface area contributed by atoms with Crippen LogP contribution < -0.4 is 5.32 Å². The maximum absolute atomic E-state index is 13.1. The van der Waals surface area contributed by atoms with Crippen molar-refractivity contribution in [1.82, 2.24) is 4.31 Å². The van der Waals surface area contributed by atoms with Crippen LogP contribution in [0.3, 0.4) is 0 Å². The molecule has 6 nitrogen and oxygen atoms in total. The van der Waals surface area contributed by atoms with Gasteiger partial charge in [-0.25, -0.2) is 17.2 Å². The summed E-state index contributed by atoms with van der Waals surface area (Å²) in [6.45, 7) is -0.526. The molecule has 0 saturated carbocycles. The summed E-state index contributed by atoms with van der Waals surface area (Å²) in [4.78, 5) is 11.8. The number of hydrogen-bond donors (Lipinski definition) is 1. The highest BCUT2D eigenvalue weighted by Gasteiger charge is 2.23. The van der Waals surface area contributed by atoms with Crippen LogP contribution in [-0.4, -0.2) is 32.2 Å². The highest BCUT2D eigenvalue weighted by molar-refractivity contribution is 7.89. The highest BCUT2D eigenvalue weighted by atomic mass is 32.2. The van der Waals surface area contributed by atoms with Gasteiger partial charge in [0.1, 0.15) is 0 Å². The predicted octanol–water partition coefficient (Wildman–Crippen LogP) is 2.10. The molecule has 0 bridgehead atoms. The number of sulfonamides is 1. The summed E-state index contributed by atoms with van der Waals surface area (Å²) < 4.78 is 51.5. The first kappa shape index (κ1) is 18.5. The van der Waals surface area contributed by atoms with Crippen molar-refractivity contribution in [3.8, 4) is 6.07 Å². The Hall–Kier alpha value is -2.83. The van der Waals surface area contributed by atoms with Crippen LogP contribution in [0.5, 0.6) is 0 Å². The van der Waals surface area contributed by atoms with Crippen LogP contribution in [0, 0.1) is 23.0 Å². The first-order valence-electron chi connectivity index (χ1n) is 6.95.